The first-order valence-corrected chi connectivity index (χ1v) is 8.85. The standard InChI is InChI=1S/C22H30O4/c1-15(8-7-9-16(2)14-21(24)25)10-11-19-17(3)20(26-18(4)23)12-13-22(19,5)6/h7-11,14,20H,12-13H2,1-6H3,(H,24,25). The van der Waals surface area contributed by atoms with Gasteiger partial charge in [-0.25, -0.2) is 4.79 Å². The molecule has 0 saturated carbocycles. The van der Waals surface area contributed by atoms with E-state index in [1.165, 1.54) is 18.6 Å². The maximum Gasteiger partial charge on any atom is 0.328 e. The van der Waals surface area contributed by atoms with Crippen LogP contribution in [0.1, 0.15) is 54.4 Å². The Morgan fingerprint density at radius 3 is 2.38 bits per heavy atom. The van der Waals surface area contributed by atoms with E-state index < -0.39 is 5.97 Å². The van der Waals surface area contributed by atoms with Gasteiger partial charge in [-0.2, -0.15) is 0 Å². The van der Waals surface area contributed by atoms with Crippen molar-refractivity contribution in [2.45, 2.75) is 60.5 Å². The van der Waals surface area contributed by atoms with Crippen LogP contribution in [0.5, 0.6) is 0 Å². The maximum absolute atomic E-state index is 11.3. The molecule has 1 atom stereocenters. The number of esters is 1. The number of rotatable bonds is 6. The van der Waals surface area contributed by atoms with E-state index in [2.05, 4.69) is 19.9 Å². The third kappa shape index (κ3) is 6.87. The number of aliphatic carboxylic acids is 1. The van der Waals surface area contributed by atoms with Gasteiger partial charge in [-0.3, -0.25) is 4.79 Å². The van der Waals surface area contributed by atoms with Crippen molar-refractivity contribution < 1.29 is 19.4 Å². The minimum absolute atomic E-state index is 0.0359. The Morgan fingerprint density at radius 2 is 1.81 bits per heavy atom. The minimum atomic E-state index is -0.947. The predicted octanol–water partition coefficient (Wildman–Crippen LogP) is 5.14. The van der Waals surface area contributed by atoms with E-state index in [-0.39, 0.29) is 17.5 Å². The quantitative estimate of drug-likeness (QED) is 0.405. The van der Waals surface area contributed by atoms with Crippen molar-refractivity contribution in [1.82, 2.24) is 0 Å². The van der Waals surface area contributed by atoms with Gasteiger partial charge < -0.3 is 9.84 Å². The molecule has 1 aliphatic carbocycles. The van der Waals surface area contributed by atoms with Crippen molar-refractivity contribution in [2.75, 3.05) is 0 Å². The first kappa shape index (κ1) is 21.7. The SMILES string of the molecule is CC(=O)OC1CCC(C)(C)C(C=CC(C)=CC=CC(C)=CC(=O)O)=C1C. The summed E-state index contributed by atoms with van der Waals surface area (Å²) in [5, 5.41) is 8.70. The maximum atomic E-state index is 11.3. The summed E-state index contributed by atoms with van der Waals surface area (Å²) in [6.07, 6.45) is 12.5. The van der Waals surface area contributed by atoms with Crippen molar-refractivity contribution in [1.29, 1.82) is 0 Å². The molecular weight excluding hydrogens is 328 g/mol. The normalized spacial score (nSPS) is 21.5. The zero-order valence-electron chi connectivity index (χ0n) is 16.6. The third-order valence-corrected chi connectivity index (χ3v) is 4.56. The number of carboxylic acid groups (broad SMARTS) is 1. The summed E-state index contributed by atoms with van der Waals surface area (Å²) in [7, 11) is 0. The van der Waals surface area contributed by atoms with Gasteiger partial charge in [0.2, 0.25) is 0 Å². The molecule has 1 rings (SSSR count). The van der Waals surface area contributed by atoms with Gasteiger partial charge in [-0.05, 0) is 55.7 Å². The summed E-state index contributed by atoms with van der Waals surface area (Å²) >= 11 is 0. The zero-order valence-corrected chi connectivity index (χ0v) is 16.6. The summed E-state index contributed by atoms with van der Waals surface area (Å²) in [6, 6.07) is 0. The molecule has 0 amide bonds. The highest BCUT2D eigenvalue weighted by atomic mass is 16.5. The van der Waals surface area contributed by atoms with E-state index in [0.717, 1.165) is 24.0 Å². The fourth-order valence-corrected chi connectivity index (χ4v) is 3.12. The van der Waals surface area contributed by atoms with E-state index in [0.29, 0.717) is 5.57 Å². The molecule has 0 aromatic heterocycles. The molecule has 0 heterocycles. The number of ether oxygens (including phenoxy) is 1. The number of hydrogen-bond donors (Lipinski definition) is 1. The van der Waals surface area contributed by atoms with Crippen molar-refractivity contribution in [2.24, 2.45) is 5.41 Å². The van der Waals surface area contributed by atoms with Gasteiger partial charge in [-0.1, -0.05) is 49.8 Å². The molecule has 1 aliphatic rings. The van der Waals surface area contributed by atoms with Gasteiger partial charge in [0.1, 0.15) is 6.10 Å². The van der Waals surface area contributed by atoms with E-state index in [1.54, 1.807) is 13.0 Å². The lowest BCUT2D eigenvalue weighted by Crippen LogP contribution is -2.30. The number of carbonyl (C=O) groups is 2. The Morgan fingerprint density at radius 1 is 1.15 bits per heavy atom. The van der Waals surface area contributed by atoms with Crippen LogP contribution >= 0.6 is 0 Å². The van der Waals surface area contributed by atoms with Gasteiger partial charge in [0, 0.05) is 13.0 Å². The van der Waals surface area contributed by atoms with Crippen LogP contribution < -0.4 is 0 Å². The molecule has 1 unspecified atom stereocenters. The lowest BCUT2D eigenvalue weighted by atomic mass is 9.71. The molecule has 0 saturated heterocycles. The van der Waals surface area contributed by atoms with E-state index in [1.807, 2.05) is 32.1 Å². The average Bonchev–Trinajstić information content (AvgIpc) is 2.48. The van der Waals surface area contributed by atoms with Crippen molar-refractivity contribution in [3.8, 4) is 0 Å². The second kappa shape index (κ2) is 9.37. The first-order chi connectivity index (χ1) is 12.0. The summed E-state index contributed by atoms with van der Waals surface area (Å²) < 4.78 is 5.45. The van der Waals surface area contributed by atoms with Gasteiger partial charge in [-0.15, -0.1) is 0 Å². The van der Waals surface area contributed by atoms with E-state index in [4.69, 9.17) is 9.84 Å². The zero-order chi connectivity index (χ0) is 19.9. The molecule has 0 aromatic rings. The highest BCUT2D eigenvalue weighted by Crippen LogP contribution is 2.42. The molecule has 4 nitrogen and oxygen atoms in total. The minimum Gasteiger partial charge on any atom is -0.478 e. The van der Waals surface area contributed by atoms with Crippen LogP contribution in [0.3, 0.4) is 0 Å². The highest BCUT2D eigenvalue weighted by Gasteiger charge is 2.33. The molecule has 0 bridgehead atoms. The molecule has 1 N–H and O–H groups in total. The van der Waals surface area contributed by atoms with Crippen LogP contribution in [0.15, 0.2) is 58.7 Å². The molecule has 4 heteroatoms. The van der Waals surface area contributed by atoms with Crippen LogP contribution in [-0.2, 0) is 14.3 Å². The Kier molecular flexibility index (Phi) is 7.81. The van der Waals surface area contributed by atoms with E-state index >= 15 is 0 Å². The molecule has 0 spiro atoms. The fourth-order valence-electron chi connectivity index (χ4n) is 3.12. The molecule has 0 fully saturated rings. The Hall–Kier alpha value is -2.36. The fraction of sp³-hybridized carbons (Fsp3) is 0.455. The van der Waals surface area contributed by atoms with Crippen molar-refractivity contribution in [3.05, 3.63) is 58.7 Å². The topological polar surface area (TPSA) is 63.6 Å². The lowest BCUT2D eigenvalue weighted by Gasteiger charge is -2.36. The molecule has 0 aliphatic heterocycles. The van der Waals surface area contributed by atoms with E-state index in [9.17, 15) is 9.59 Å². The monoisotopic (exact) mass is 358 g/mol. The summed E-state index contributed by atoms with van der Waals surface area (Å²) in [6.45, 7) is 11.6. The Balaban J connectivity index is 2.97. The summed E-state index contributed by atoms with van der Waals surface area (Å²) in [5.41, 5.74) is 4.08. The largest absolute Gasteiger partial charge is 0.478 e. The third-order valence-electron chi connectivity index (χ3n) is 4.56. The first-order valence-electron chi connectivity index (χ1n) is 8.85. The number of carbonyl (C=O) groups excluding carboxylic acids is 1. The average molecular weight is 358 g/mol. The lowest BCUT2D eigenvalue weighted by molar-refractivity contribution is -0.145. The Bertz CT molecular complexity index is 700. The predicted molar refractivity (Wildman–Crippen MR) is 105 cm³/mol. The summed E-state index contributed by atoms with van der Waals surface area (Å²) in [5.74, 6) is -1.19. The molecule has 26 heavy (non-hydrogen) atoms. The van der Waals surface area contributed by atoms with Gasteiger partial charge in [0.05, 0.1) is 0 Å². The van der Waals surface area contributed by atoms with Gasteiger partial charge in [0.25, 0.3) is 0 Å². The molecule has 0 radical (unpaired) electrons. The summed E-state index contributed by atoms with van der Waals surface area (Å²) in [4.78, 5) is 21.9. The smallest absolute Gasteiger partial charge is 0.328 e. The highest BCUT2D eigenvalue weighted by molar-refractivity contribution is 5.81. The Labute approximate surface area is 156 Å². The van der Waals surface area contributed by atoms with Gasteiger partial charge in [0.15, 0.2) is 0 Å². The van der Waals surface area contributed by atoms with Crippen molar-refractivity contribution >= 4 is 11.9 Å². The second-order valence-electron chi connectivity index (χ2n) is 7.45. The number of carboxylic acids is 1. The van der Waals surface area contributed by atoms with Crippen LogP contribution in [-0.4, -0.2) is 23.1 Å². The molecule has 142 valence electrons. The van der Waals surface area contributed by atoms with Crippen molar-refractivity contribution in [3.63, 3.8) is 0 Å². The van der Waals surface area contributed by atoms with Crippen LogP contribution in [0, 0.1) is 5.41 Å². The number of hydrogen-bond acceptors (Lipinski definition) is 3. The second-order valence-corrected chi connectivity index (χ2v) is 7.45. The molecular formula is C22H30O4. The van der Waals surface area contributed by atoms with Gasteiger partial charge >= 0.3 is 11.9 Å². The van der Waals surface area contributed by atoms with Crippen LogP contribution in [0.2, 0.25) is 0 Å². The molecule has 0 aromatic carbocycles. The number of allylic oxidation sites excluding steroid dienone is 8. The van der Waals surface area contributed by atoms with Crippen LogP contribution in [0.25, 0.3) is 0 Å². The van der Waals surface area contributed by atoms with Crippen LogP contribution in [0.4, 0.5) is 0 Å².